The molecule has 7 nitrogen and oxygen atoms in total. The number of benzene rings is 1. The molecule has 0 atom stereocenters. The summed E-state index contributed by atoms with van der Waals surface area (Å²) in [6.45, 7) is 1.31. The molecule has 1 N–H and O–H groups in total. The molecule has 1 amide bonds. The average Bonchev–Trinajstić information content (AvgIpc) is 2.80. The van der Waals surface area contributed by atoms with Crippen molar-refractivity contribution in [2.75, 3.05) is 20.2 Å². The number of nitrogens with zero attached hydrogens (tertiary/aromatic N) is 3. The van der Waals surface area contributed by atoms with Gasteiger partial charge in [-0.05, 0) is 42.7 Å². The van der Waals surface area contributed by atoms with Crippen molar-refractivity contribution in [2.24, 2.45) is 0 Å². The van der Waals surface area contributed by atoms with E-state index in [1.54, 1.807) is 19.5 Å². The van der Waals surface area contributed by atoms with Crippen molar-refractivity contribution in [3.8, 4) is 17.0 Å². The second kappa shape index (κ2) is 8.90. The number of piperidine rings is 1. The first-order valence-corrected chi connectivity index (χ1v) is 10.0. The molecule has 1 aliphatic rings. The second-order valence-electron chi connectivity index (χ2n) is 7.43. The Balaban J connectivity index is 1.40. The third-order valence-electron chi connectivity index (χ3n) is 5.48. The van der Waals surface area contributed by atoms with Crippen LogP contribution in [-0.4, -0.2) is 46.0 Å². The van der Waals surface area contributed by atoms with Crippen LogP contribution in [0.5, 0.6) is 5.75 Å². The molecule has 2 aromatic heterocycles. The Morgan fingerprint density at radius 2 is 1.83 bits per heavy atom. The zero-order valence-electron chi connectivity index (χ0n) is 16.9. The molecule has 154 valence electrons. The van der Waals surface area contributed by atoms with Gasteiger partial charge in [0.1, 0.15) is 11.6 Å². The fourth-order valence-corrected chi connectivity index (χ4v) is 3.77. The van der Waals surface area contributed by atoms with Gasteiger partial charge in [0, 0.05) is 43.0 Å². The monoisotopic (exact) mass is 404 g/mol. The van der Waals surface area contributed by atoms with Crippen molar-refractivity contribution in [1.29, 1.82) is 0 Å². The fraction of sp³-hybridized carbons (Fsp3) is 0.304. The molecule has 0 spiro atoms. The van der Waals surface area contributed by atoms with Crippen LogP contribution >= 0.6 is 0 Å². The van der Waals surface area contributed by atoms with E-state index in [1.807, 2.05) is 41.3 Å². The Kier molecular flexibility index (Phi) is 5.88. The lowest BCUT2D eigenvalue weighted by atomic mass is 9.95. The molecule has 0 aliphatic carbocycles. The molecule has 7 heteroatoms. The van der Waals surface area contributed by atoms with Crippen LogP contribution in [0.3, 0.4) is 0 Å². The van der Waals surface area contributed by atoms with E-state index >= 15 is 0 Å². The van der Waals surface area contributed by atoms with E-state index < -0.39 is 0 Å². The number of H-pyrrole nitrogens is 1. The molecular weight excluding hydrogens is 380 g/mol. The highest BCUT2D eigenvalue weighted by Gasteiger charge is 2.25. The van der Waals surface area contributed by atoms with Crippen molar-refractivity contribution in [2.45, 2.75) is 25.2 Å². The van der Waals surface area contributed by atoms with Crippen LogP contribution in [-0.2, 0) is 11.2 Å². The van der Waals surface area contributed by atoms with Gasteiger partial charge in [-0.25, -0.2) is 4.98 Å². The number of carbonyl (C=O) groups excluding carboxylic acids is 1. The number of pyridine rings is 1. The van der Waals surface area contributed by atoms with Crippen LogP contribution in [0.1, 0.15) is 30.1 Å². The maximum Gasteiger partial charge on any atom is 0.251 e. The van der Waals surface area contributed by atoms with Crippen LogP contribution in [0.15, 0.2) is 59.7 Å². The topological polar surface area (TPSA) is 88.2 Å². The number of aromatic amines is 1. The Hall–Kier alpha value is -3.48. The number of hydrogen-bond donors (Lipinski definition) is 1. The minimum Gasteiger partial charge on any atom is -0.497 e. The third kappa shape index (κ3) is 4.56. The Morgan fingerprint density at radius 3 is 2.50 bits per heavy atom. The van der Waals surface area contributed by atoms with Crippen LogP contribution in [0.4, 0.5) is 0 Å². The summed E-state index contributed by atoms with van der Waals surface area (Å²) >= 11 is 0. The van der Waals surface area contributed by atoms with Crippen LogP contribution in [0, 0.1) is 0 Å². The smallest absolute Gasteiger partial charge is 0.251 e. The van der Waals surface area contributed by atoms with Gasteiger partial charge in [0.05, 0.1) is 19.2 Å². The Labute approximate surface area is 174 Å². The molecule has 0 saturated carbocycles. The van der Waals surface area contributed by atoms with E-state index in [2.05, 4.69) is 15.0 Å². The highest BCUT2D eigenvalue weighted by molar-refractivity contribution is 5.79. The number of amides is 1. The predicted molar refractivity (Wildman–Crippen MR) is 113 cm³/mol. The summed E-state index contributed by atoms with van der Waals surface area (Å²) in [7, 11) is 1.62. The molecule has 3 heterocycles. The highest BCUT2D eigenvalue weighted by Crippen LogP contribution is 2.27. The summed E-state index contributed by atoms with van der Waals surface area (Å²) in [5, 5.41) is 0. The first kappa shape index (κ1) is 19.8. The third-order valence-corrected chi connectivity index (χ3v) is 5.48. The molecule has 1 fully saturated rings. The normalized spacial score (nSPS) is 14.5. The van der Waals surface area contributed by atoms with Crippen molar-refractivity contribution in [3.63, 3.8) is 0 Å². The number of carbonyl (C=O) groups is 1. The Bertz CT molecular complexity index is 1060. The van der Waals surface area contributed by atoms with E-state index in [0.29, 0.717) is 31.0 Å². The summed E-state index contributed by atoms with van der Waals surface area (Å²) in [6, 6.07) is 12.8. The van der Waals surface area contributed by atoms with Gasteiger partial charge in [-0.1, -0.05) is 12.1 Å². The highest BCUT2D eigenvalue weighted by atomic mass is 16.5. The standard InChI is InChI=1S/C23H24N4O3/c1-30-19-4-2-16(3-5-19)14-22(29)27-12-8-18(9-13-27)23-25-20(15-21(28)26-23)17-6-10-24-11-7-17/h2-7,10-11,15,18H,8-9,12-14H2,1H3,(H,25,26,28). The fourth-order valence-electron chi connectivity index (χ4n) is 3.77. The van der Waals surface area contributed by atoms with Gasteiger partial charge in [-0.2, -0.15) is 0 Å². The van der Waals surface area contributed by atoms with Crippen molar-refractivity contribution >= 4 is 5.91 Å². The van der Waals surface area contributed by atoms with E-state index in [0.717, 1.165) is 29.7 Å². The molecular formula is C23H24N4O3. The van der Waals surface area contributed by atoms with Crippen LogP contribution in [0.25, 0.3) is 11.3 Å². The zero-order chi connectivity index (χ0) is 20.9. The maximum atomic E-state index is 12.7. The van der Waals surface area contributed by atoms with Gasteiger partial charge in [0.25, 0.3) is 5.56 Å². The maximum absolute atomic E-state index is 12.7. The van der Waals surface area contributed by atoms with E-state index in [1.165, 1.54) is 6.07 Å². The van der Waals surface area contributed by atoms with Gasteiger partial charge < -0.3 is 14.6 Å². The number of aromatic nitrogens is 3. The first-order chi connectivity index (χ1) is 14.6. The van der Waals surface area contributed by atoms with Gasteiger partial charge in [-0.15, -0.1) is 0 Å². The lowest BCUT2D eigenvalue weighted by Crippen LogP contribution is -2.39. The predicted octanol–water partition coefficient (Wildman–Crippen LogP) is 2.79. The minimum absolute atomic E-state index is 0.116. The van der Waals surface area contributed by atoms with Crippen LogP contribution < -0.4 is 10.3 Å². The molecule has 0 unspecified atom stereocenters. The molecule has 1 aliphatic heterocycles. The van der Waals surface area contributed by atoms with Gasteiger partial charge in [0.2, 0.25) is 5.91 Å². The number of likely N-dealkylation sites (tertiary alicyclic amines) is 1. The van der Waals surface area contributed by atoms with Crippen molar-refractivity contribution < 1.29 is 9.53 Å². The summed E-state index contributed by atoms with van der Waals surface area (Å²) in [5.74, 6) is 1.72. The minimum atomic E-state index is -0.162. The van der Waals surface area contributed by atoms with E-state index in [4.69, 9.17) is 4.74 Å². The number of rotatable bonds is 5. The van der Waals surface area contributed by atoms with E-state index in [-0.39, 0.29) is 17.4 Å². The number of methoxy groups -OCH3 is 1. The van der Waals surface area contributed by atoms with Crippen molar-refractivity contribution in [1.82, 2.24) is 19.9 Å². The quantitative estimate of drug-likeness (QED) is 0.706. The lowest BCUT2D eigenvalue weighted by Gasteiger charge is -2.31. The van der Waals surface area contributed by atoms with Gasteiger partial charge >= 0.3 is 0 Å². The SMILES string of the molecule is COc1ccc(CC(=O)N2CCC(c3nc(-c4ccncc4)cc(=O)[nH]3)CC2)cc1. The molecule has 30 heavy (non-hydrogen) atoms. The second-order valence-corrected chi connectivity index (χ2v) is 7.43. The largest absolute Gasteiger partial charge is 0.497 e. The molecule has 1 saturated heterocycles. The molecule has 1 aromatic carbocycles. The lowest BCUT2D eigenvalue weighted by molar-refractivity contribution is -0.131. The number of hydrogen-bond acceptors (Lipinski definition) is 5. The van der Waals surface area contributed by atoms with Crippen LogP contribution in [0.2, 0.25) is 0 Å². The van der Waals surface area contributed by atoms with Crippen molar-refractivity contribution in [3.05, 3.63) is 76.6 Å². The van der Waals surface area contributed by atoms with E-state index in [9.17, 15) is 9.59 Å². The zero-order valence-corrected chi connectivity index (χ0v) is 16.9. The molecule has 0 radical (unpaired) electrons. The summed E-state index contributed by atoms with van der Waals surface area (Å²) in [5.41, 5.74) is 2.32. The summed E-state index contributed by atoms with van der Waals surface area (Å²) in [6.07, 6.45) is 5.30. The molecule has 0 bridgehead atoms. The Morgan fingerprint density at radius 1 is 1.13 bits per heavy atom. The number of ether oxygens (including phenoxy) is 1. The number of nitrogens with one attached hydrogen (secondary N) is 1. The van der Waals surface area contributed by atoms with Gasteiger partial charge in [0.15, 0.2) is 0 Å². The molecule has 3 aromatic rings. The summed E-state index contributed by atoms with van der Waals surface area (Å²) in [4.78, 5) is 38.3. The molecule has 4 rings (SSSR count). The van der Waals surface area contributed by atoms with Gasteiger partial charge in [-0.3, -0.25) is 14.6 Å². The first-order valence-electron chi connectivity index (χ1n) is 10.0. The average molecular weight is 404 g/mol. The summed E-state index contributed by atoms with van der Waals surface area (Å²) < 4.78 is 5.16.